The van der Waals surface area contributed by atoms with E-state index in [1.165, 1.54) is 11.3 Å². The Morgan fingerprint density at radius 1 is 0.897 bits per heavy atom. The molecule has 0 unspecified atom stereocenters. The normalized spacial score (nSPS) is 21.4. The summed E-state index contributed by atoms with van der Waals surface area (Å²) >= 11 is 7.74. The smallest absolute Gasteiger partial charge is 0.265 e. The van der Waals surface area contributed by atoms with Crippen LogP contribution in [0.5, 0.6) is 0 Å². The molecule has 2 aliphatic heterocycles. The molecule has 0 atom stereocenters. The summed E-state index contributed by atoms with van der Waals surface area (Å²) in [5.74, 6) is -0.430. The zero-order valence-corrected chi connectivity index (χ0v) is 17.7. The predicted molar refractivity (Wildman–Crippen MR) is 116 cm³/mol. The van der Waals surface area contributed by atoms with E-state index in [0.29, 0.717) is 16.1 Å². The summed E-state index contributed by atoms with van der Waals surface area (Å²) in [7, 11) is 2.08. The maximum absolute atomic E-state index is 13.4. The number of hydrogen-bond acceptors (Lipinski definition) is 4. The van der Waals surface area contributed by atoms with Gasteiger partial charge in [0.05, 0.1) is 27.3 Å². The van der Waals surface area contributed by atoms with E-state index in [4.69, 9.17) is 11.6 Å². The summed E-state index contributed by atoms with van der Waals surface area (Å²) < 4.78 is 2.26. The largest absolute Gasteiger partial charge is 0.268 e. The Morgan fingerprint density at radius 3 is 2.07 bits per heavy atom. The fourth-order valence-corrected chi connectivity index (χ4v) is 6.26. The second-order valence-corrected chi connectivity index (χ2v) is 9.43. The van der Waals surface area contributed by atoms with Gasteiger partial charge in [-0.1, -0.05) is 55.1 Å². The lowest BCUT2D eigenvalue weighted by Gasteiger charge is -2.42. The molecule has 0 N–H and O–H groups in total. The molecule has 1 aliphatic carbocycles. The first kappa shape index (κ1) is 18.9. The molecule has 148 valence electrons. The lowest BCUT2D eigenvalue weighted by atomic mass is 9.78. The number of fused-ring (bicyclic) bond motifs is 1. The van der Waals surface area contributed by atoms with E-state index < -0.39 is 0 Å². The molecule has 1 saturated carbocycles. The molecule has 3 aliphatic rings. The number of imide groups is 1. The number of carbonyl (C=O) groups is 2. The molecule has 5 rings (SSSR count). The molecule has 1 fully saturated rings. The first-order valence-electron chi connectivity index (χ1n) is 9.93. The molecule has 2 heterocycles. The zero-order valence-electron chi connectivity index (χ0n) is 16.2. The molecule has 0 saturated heterocycles. The monoisotopic (exact) mass is 424 g/mol. The molecule has 2 aromatic rings. The average Bonchev–Trinajstić information content (AvgIpc) is 3.15. The highest BCUT2D eigenvalue weighted by atomic mass is 35.5. The summed E-state index contributed by atoms with van der Waals surface area (Å²) in [6.07, 6.45) is 5.25. The molecule has 2 aromatic carbocycles. The quantitative estimate of drug-likeness (QED) is 0.464. The average molecular weight is 425 g/mol. The maximum Gasteiger partial charge on any atom is 0.265 e. The van der Waals surface area contributed by atoms with Gasteiger partial charge in [-0.05, 0) is 61.7 Å². The van der Waals surface area contributed by atoms with Crippen LogP contribution >= 0.6 is 23.5 Å². The van der Waals surface area contributed by atoms with E-state index in [2.05, 4.69) is 11.4 Å². The van der Waals surface area contributed by atoms with Crippen molar-refractivity contribution >= 4 is 40.3 Å². The van der Waals surface area contributed by atoms with Crippen molar-refractivity contribution in [2.75, 3.05) is 7.05 Å². The molecular formula is C23H21ClN2O2S. The number of benzene rings is 2. The van der Waals surface area contributed by atoms with Crippen LogP contribution in [-0.2, 0) is 0 Å². The van der Waals surface area contributed by atoms with Gasteiger partial charge in [0.15, 0.2) is 0 Å². The Bertz CT molecular complexity index is 1010. The van der Waals surface area contributed by atoms with Crippen molar-refractivity contribution < 1.29 is 9.59 Å². The Balaban J connectivity index is 1.72. The second-order valence-electron chi connectivity index (χ2n) is 7.86. The lowest BCUT2D eigenvalue weighted by molar-refractivity contribution is 0.0641. The van der Waals surface area contributed by atoms with Crippen LogP contribution in [0.25, 0.3) is 4.91 Å². The summed E-state index contributed by atoms with van der Waals surface area (Å²) in [6.45, 7) is 0. The van der Waals surface area contributed by atoms with Crippen molar-refractivity contribution in [1.82, 2.24) is 9.21 Å². The van der Waals surface area contributed by atoms with Crippen molar-refractivity contribution in [2.24, 2.45) is 0 Å². The molecule has 0 radical (unpaired) electrons. The Hall–Kier alpha value is -2.08. The molecule has 0 bridgehead atoms. The number of likely N-dealkylation sites (N-methyl/N-ethyl adjacent to an activating group) is 1. The first-order chi connectivity index (χ1) is 14.0. The summed E-state index contributed by atoms with van der Waals surface area (Å²) in [6, 6.07) is 14.8. The van der Waals surface area contributed by atoms with E-state index >= 15 is 0 Å². The fourth-order valence-electron chi connectivity index (χ4n) is 4.81. The summed E-state index contributed by atoms with van der Waals surface area (Å²) in [5.41, 5.74) is 2.50. The van der Waals surface area contributed by atoms with Gasteiger partial charge in [-0.2, -0.15) is 0 Å². The van der Waals surface area contributed by atoms with Crippen LogP contribution in [0.3, 0.4) is 0 Å². The fraction of sp³-hybridized carbons (Fsp3) is 0.304. The second kappa shape index (κ2) is 7.01. The third-order valence-corrected chi connectivity index (χ3v) is 7.78. The van der Waals surface area contributed by atoms with Gasteiger partial charge in [0.25, 0.3) is 11.8 Å². The van der Waals surface area contributed by atoms with Crippen molar-refractivity contribution in [1.29, 1.82) is 0 Å². The summed E-state index contributed by atoms with van der Waals surface area (Å²) in [5, 5.41) is 0.667. The minimum atomic E-state index is -0.314. The maximum atomic E-state index is 13.4. The summed E-state index contributed by atoms with van der Waals surface area (Å²) in [4.78, 5) is 29.2. The Kier molecular flexibility index (Phi) is 4.57. The molecular weight excluding hydrogens is 404 g/mol. The van der Waals surface area contributed by atoms with Crippen LogP contribution in [0, 0.1) is 0 Å². The van der Waals surface area contributed by atoms with Gasteiger partial charge in [-0.3, -0.25) is 9.59 Å². The van der Waals surface area contributed by atoms with Crippen LogP contribution in [0.2, 0.25) is 5.02 Å². The van der Waals surface area contributed by atoms with Crippen LogP contribution in [-0.4, -0.2) is 33.6 Å². The van der Waals surface area contributed by atoms with Crippen LogP contribution in [0.1, 0.15) is 58.4 Å². The zero-order chi connectivity index (χ0) is 20.2. The number of nitrogens with zero attached hydrogens (tertiary/aromatic N) is 2. The molecule has 29 heavy (non-hydrogen) atoms. The van der Waals surface area contributed by atoms with E-state index in [1.807, 2.05) is 36.4 Å². The van der Waals surface area contributed by atoms with Gasteiger partial charge in [-0.15, -0.1) is 0 Å². The van der Waals surface area contributed by atoms with Gasteiger partial charge in [0.1, 0.15) is 0 Å². The Morgan fingerprint density at radius 2 is 1.48 bits per heavy atom. The molecule has 6 heteroatoms. The van der Waals surface area contributed by atoms with Gasteiger partial charge in [0.2, 0.25) is 0 Å². The highest BCUT2D eigenvalue weighted by molar-refractivity contribution is 8.06. The SMILES string of the molecule is CN1SC(c2ccc(Cl)cc2)=C(N2C(=O)c3ccccc3C2=O)C12CCCCC2. The van der Waals surface area contributed by atoms with Crippen molar-refractivity contribution in [3.63, 3.8) is 0 Å². The first-order valence-corrected chi connectivity index (χ1v) is 11.1. The van der Waals surface area contributed by atoms with Crippen molar-refractivity contribution in [2.45, 2.75) is 37.6 Å². The van der Waals surface area contributed by atoms with Gasteiger partial charge >= 0.3 is 0 Å². The molecule has 1 spiro atoms. The number of carbonyl (C=O) groups excluding carboxylic acids is 2. The molecule has 4 nitrogen and oxygen atoms in total. The number of halogens is 1. The minimum absolute atomic E-state index is 0.215. The Labute approximate surface area is 179 Å². The lowest BCUT2D eigenvalue weighted by Crippen LogP contribution is -2.49. The van der Waals surface area contributed by atoms with E-state index in [9.17, 15) is 9.59 Å². The minimum Gasteiger partial charge on any atom is -0.268 e. The van der Waals surface area contributed by atoms with Crippen LogP contribution in [0.4, 0.5) is 0 Å². The molecule has 2 amide bonds. The number of hydrogen-bond donors (Lipinski definition) is 0. The third kappa shape index (κ3) is 2.79. The highest BCUT2D eigenvalue weighted by Crippen LogP contribution is 2.56. The standard InChI is InChI=1S/C23H21ClN2O2S/c1-25-23(13-5-2-6-14-23)20(19(29-25)15-9-11-16(24)12-10-15)26-21(27)17-7-3-4-8-18(17)22(26)28/h3-4,7-12H,2,5-6,13-14H2,1H3. The topological polar surface area (TPSA) is 40.6 Å². The van der Waals surface area contributed by atoms with E-state index in [1.54, 1.807) is 24.1 Å². The van der Waals surface area contributed by atoms with Gasteiger partial charge in [0, 0.05) is 5.02 Å². The predicted octanol–water partition coefficient (Wildman–Crippen LogP) is 5.60. The van der Waals surface area contributed by atoms with Gasteiger partial charge in [-0.25, -0.2) is 9.21 Å². The third-order valence-electron chi connectivity index (χ3n) is 6.29. The van der Waals surface area contributed by atoms with E-state index in [-0.39, 0.29) is 17.4 Å². The number of rotatable bonds is 2. The van der Waals surface area contributed by atoms with Gasteiger partial charge < -0.3 is 0 Å². The van der Waals surface area contributed by atoms with Crippen LogP contribution in [0.15, 0.2) is 54.2 Å². The number of amides is 2. The van der Waals surface area contributed by atoms with E-state index in [0.717, 1.165) is 41.8 Å². The van der Waals surface area contributed by atoms with Crippen molar-refractivity contribution in [3.8, 4) is 0 Å². The van der Waals surface area contributed by atoms with Crippen molar-refractivity contribution in [3.05, 3.63) is 75.9 Å². The molecule has 0 aromatic heterocycles. The highest BCUT2D eigenvalue weighted by Gasteiger charge is 2.53. The van der Waals surface area contributed by atoms with Crippen LogP contribution < -0.4 is 0 Å².